The molecule has 1 saturated heterocycles. The molecule has 6 rings (SSSR count). The van der Waals surface area contributed by atoms with Crippen LogP contribution in [0.5, 0.6) is 0 Å². The number of carbonyl (C=O) groups excluding carboxylic acids is 1. The van der Waals surface area contributed by atoms with Crippen LogP contribution in [0.1, 0.15) is 50.1 Å². The summed E-state index contributed by atoms with van der Waals surface area (Å²) < 4.78 is 2.08. The first-order valence-electron chi connectivity index (χ1n) is 14.4. The maximum Gasteiger partial charge on any atom is 0.231 e. The van der Waals surface area contributed by atoms with Crippen molar-refractivity contribution in [2.24, 2.45) is 0 Å². The minimum atomic E-state index is -0.246. The van der Waals surface area contributed by atoms with Crippen LogP contribution in [0.25, 0.3) is 22.3 Å². The van der Waals surface area contributed by atoms with Gasteiger partial charge in [-0.25, -0.2) is 14.6 Å². The van der Waals surface area contributed by atoms with Crippen LogP contribution >= 0.6 is 0 Å². The molecule has 0 spiro atoms. The highest BCUT2D eigenvalue weighted by molar-refractivity contribution is 5.99. The van der Waals surface area contributed by atoms with E-state index in [2.05, 4.69) is 36.8 Å². The number of fused-ring (bicyclic) bond motifs is 1. The van der Waals surface area contributed by atoms with Crippen LogP contribution < -0.4 is 11.1 Å². The molecule has 9 nitrogen and oxygen atoms in total. The molecule has 208 valence electrons. The third kappa shape index (κ3) is 5.31. The van der Waals surface area contributed by atoms with Crippen molar-refractivity contribution in [2.75, 3.05) is 44.3 Å². The summed E-state index contributed by atoms with van der Waals surface area (Å²) in [5.74, 6) is 0.147. The molecule has 1 saturated carbocycles. The van der Waals surface area contributed by atoms with Gasteiger partial charge >= 0.3 is 0 Å². The van der Waals surface area contributed by atoms with Gasteiger partial charge in [-0.2, -0.15) is 5.10 Å². The summed E-state index contributed by atoms with van der Waals surface area (Å²) in [5, 5.41) is 8.90. The molecule has 1 aliphatic heterocycles. The van der Waals surface area contributed by atoms with E-state index in [1.54, 1.807) is 0 Å². The van der Waals surface area contributed by atoms with Crippen LogP contribution in [0.15, 0.2) is 60.9 Å². The Morgan fingerprint density at radius 1 is 0.925 bits per heavy atom. The van der Waals surface area contributed by atoms with Crippen molar-refractivity contribution in [1.82, 2.24) is 29.5 Å². The van der Waals surface area contributed by atoms with E-state index in [-0.39, 0.29) is 17.9 Å². The molecule has 2 aromatic heterocycles. The van der Waals surface area contributed by atoms with Crippen molar-refractivity contribution >= 4 is 28.4 Å². The lowest BCUT2D eigenvalue weighted by Gasteiger charge is -2.41. The van der Waals surface area contributed by atoms with E-state index in [0.29, 0.717) is 11.9 Å². The zero-order chi connectivity index (χ0) is 27.6. The number of rotatable bonds is 6. The van der Waals surface area contributed by atoms with E-state index in [9.17, 15) is 4.79 Å². The number of piperazine rings is 1. The average molecular weight is 539 g/mol. The predicted octanol–water partition coefficient (Wildman–Crippen LogP) is 4.55. The molecule has 1 aliphatic carbocycles. The quantitative estimate of drug-likeness (QED) is 0.371. The lowest BCUT2D eigenvalue weighted by Crippen LogP contribution is -2.49. The van der Waals surface area contributed by atoms with Gasteiger partial charge in [0, 0.05) is 43.5 Å². The Morgan fingerprint density at radius 3 is 2.30 bits per heavy atom. The first kappa shape index (κ1) is 26.4. The first-order valence-corrected chi connectivity index (χ1v) is 14.4. The van der Waals surface area contributed by atoms with E-state index in [1.165, 1.54) is 19.2 Å². The fourth-order valence-electron chi connectivity index (χ4n) is 6.16. The van der Waals surface area contributed by atoms with Gasteiger partial charge in [0.25, 0.3) is 0 Å². The Hall–Kier alpha value is -3.82. The Labute approximate surface area is 235 Å². The maximum atomic E-state index is 12.8. The van der Waals surface area contributed by atoms with Crippen molar-refractivity contribution in [3.05, 3.63) is 66.5 Å². The van der Waals surface area contributed by atoms with E-state index in [0.717, 1.165) is 72.6 Å². The van der Waals surface area contributed by atoms with Gasteiger partial charge in [-0.3, -0.25) is 9.69 Å². The van der Waals surface area contributed by atoms with E-state index >= 15 is 0 Å². The molecule has 2 aliphatic rings. The summed E-state index contributed by atoms with van der Waals surface area (Å²) in [7, 11) is 2.21. The van der Waals surface area contributed by atoms with Gasteiger partial charge in [0.2, 0.25) is 5.91 Å². The lowest BCUT2D eigenvalue weighted by atomic mass is 9.90. The summed E-state index contributed by atoms with van der Waals surface area (Å²) in [5.41, 5.74) is 10.6. The van der Waals surface area contributed by atoms with Crippen molar-refractivity contribution in [3.8, 4) is 11.3 Å². The number of nitrogens with one attached hydrogen (secondary N) is 1. The van der Waals surface area contributed by atoms with Gasteiger partial charge in [0.15, 0.2) is 5.65 Å². The lowest BCUT2D eigenvalue weighted by molar-refractivity contribution is -0.117. The van der Waals surface area contributed by atoms with Crippen molar-refractivity contribution in [3.63, 3.8) is 0 Å². The predicted molar refractivity (Wildman–Crippen MR) is 159 cm³/mol. The first-order chi connectivity index (χ1) is 19.5. The molecule has 1 unspecified atom stereocenters. The molecule has 1 amide bonds. The summed E-state index contributed by atoms with van der Waals surface area (Å²) in [4.78, 5) is 26.8. The summed E-state index contributed by atoms with van der Waals surface area (Å²) >= 11 is 0. The molecule has 2 fully saturated rings. The van der Waals surface area contributed by atoms with Crippen molar-refractivity contribution < 1.29 is 4.79 Å². The molecule has 9 heteroatoms. The molecule has 3 N–H and O–H groups in total. The summed E-state index contributed by atoms with van der Waals surface area (Å²) in [6, 6.07) is 18.5. The molecule has 3 heterocycles. The second-order valence-corrected chi connectivity index (χ2v) is 11.3. The zero-order valence-corrected chi connectivity index (χ0v) is 23.3. The molecular weight excluding hydrogens is 500 g/mol. The molecule has 0 bridgehead atoms. The number of likely N-dealkylation sites (N-methyl/N-ethyl adjacent to an activating group) is 1. The van der Waals surface area contributed by atoms with Gasteiger partial charge in [0.1, 0.15) is 17.8 Å². The highest BCUT2D eigenvalue weighted by Gasteiger charge is 2.30. The number of hydrogen-bond acceptors (Lipinski definition) is 7. The number of carbonyl (C=O) groups is 1. The minimum Gasteiger partial charge on any atom is -0.383 e. The molecule has 0 radical (unpaired) electrons. The van der Waals surface area contributed by atoms with Crippen LogP contribution in [-0.2, 0) is 4.79 Å². The number of benzene rings is 2. The molecule has 2 aromatic carbocycles. The largest absolute Gasteiger partial charge is 0.383 e. The van der Waals surface area contributed by atoms with E-state index < -0.39 is 0 Å². The monoisotopic (exact) mass is 538 g/mol. The standard InChI is InChI=1S/C31H38N8O/c1-21(22-6-4-3-5-7-22)31(40)35-24-10-8-23(9-11-24)28-27-29(32)33-20-34-30(27)39(36-28)26-14-12-25(13-15-26)38-18-16-37(2)17-19-38/h3-11,20-21,25-26H,12-19H2,1-2H3,(H,35,40)(H2,32,33,34). The topological polar surface area (TPSA) is 105 Å². The van der Waals surface area contributed by atoms with Crippen LogP contribution in [0.4, 0.5) is 11.5 Å². The van der Waals surface area contributed by atoms with Gasteiger partial charge in [0.05, 0.1) is 17.3 Å². The number of aromatic nitrogens is 4. The fraction of sp³-hybridized carbons (Fsp3) is 0.419. The third-order valence-electron chi connectivity index (χ3n) is 8.70. The number of anilines is 2. The van der Waals surface area contributed by atoms with E-state index in [1.807, 2.05) is 61.5 Å². The minimum absolute atomic E-state index is 0.0431. The third-order valence-corrected chi connectivity index (χ3v) is 8.70. The second kappa shape index (κ2) is 11.3. The number of nitrogens with zero attached hydrogens (tertiary/aromatic N) is 6. The Kier molecular flexibility index (Phi) is 7.49. The van der Waals surface area contributed by atoms with Crippen LogP contribution in [0, 0.1) is 0 Å². The number of hydrogen-bond donors (Lipinski definition) is 2. The van der Waals surface area contributed by atoms with Crippen molar-refractivity contribution in [2.45, 2.75) is 50.6 Å². The Bertz CT molecular complexity index is 1450. The normalized spacial score (nSPS) is 21.4. The summed E-state index contributed by atoms with van der Waals surface area (Å²) in [6.45, 7) is 6.53. The van der Waals surface area contributed by atoms with Gasteiger partial charge < -0.3 is 16.0 Å². The maximum absolute atomic E-state index is 12.8. The molecule has 1 atom stereocenters. The number of amides is 1. The van der Waals surface area contributed by atoms with E-state index in [4.69, 9.17) is 10.8 Å². The fourth-order valence-corrected chi connectivity index (χ4v) is 6.16. The second-order valence-electron chi connectivity index (χ2n) is 11.3. The van der Waals surface area contributed by atoms with Crippen molar-refractivity contribution in [1.29, 1.82) is 0 Å². The molecular formula is C31H38N8O. The van der Waals surface area contributed by atoms with Gasteiger partial charge in [-0.05, 0) is 57.4 Å². The number of nitrogen functional groups attached to an aromatic ring is 1. The Balaban J connectivity index is 1.19. The molecule has 4 aromatic rings. The van der Waals surface area contributed by atoms with Crippen LogP contribution in [0.2, 0.25) is 0 Å². The molecule has 40 heavy (non-hydrogen) atoms. The smallest absolute Gasteiger partial charge is 0.231 e. The highest BCUT2D eigenvalue weighted by atomic mass is 16.1. The van der Waals surface area contributed by atoms with Gasteiger partial charge in [-0.15, -0.1) is 0 Å². The number of nitrogens with two attached hydrogens (primary N) is 1. The van der Waals surface area contributed by atoms with Crippen LogP contribution in [-0.4, -0.2) is 74.7 Å². The van der Waals surface area contributed by atoms with Crippen LogP contribution in [0.3, 0.4) is 0 Å². The Morgan fingerprint density at radius 2 is 1.60 bits per heavy atom. The summed E-state index contributed by atoms with van der Waals surface area (Å²) in [6.07, 6.45) is 6.01. The zero-order valence-electron chi connectivity index (χ0n) is 23.3. The van der Waals surface area contributed by atoms with Gasteiger partial charge in [-0.1, -0.05) is 42.5 Å². The SMILES string of the molecule is CC(C(=O)Nc1ccc(-c2nn(C3CCC(N4CCN(C)CC4)CC3)c3ncnc(N)c23)cc1)c1ccccc1. The highest BCUT2D eigenvalue weighted by Crippen LogP contribution is 2.37. The average Bonchev–Trinajstić information content (AvgIpc) is 3.39.